The molecule has 0 amide bonds. The Morgan fingerprint density at radius 1 is 1.47 bits per heavy atom. The first kappa shape index (κ1) is 12.3. The highest BCUT2D eigenvalue weighted by Gasteiger charge is 2.08. The van der Waals surface area contributed by atoms with Crippen LogP contribution >= 0.6 is 0 Å². The number of rotatable bonds is 6. The van der Waals surface area contributed by atoms with Crippen LogP contribution in [0, 0.1) is 5.92 Å². The maximum Gasteiger partial charge on any atom is 0.118 e. The lowest BCUT2D eigenvalue weighted by Gasteiger charge is -2.20. The molecule has 0 aliphatic heterocycles. The summed E-state index contributed by atoms with van der Waals surface area (Å²) in [4.78, 5) is 2.38. The predicted octanol–water partition coefficient (Wildman–Crippen LogP) is 2.22. The van der Waals surface area contributed by atoms with E-state index < -0.39 is 0 Å². The van der Waals surface area contributed by atoms with Crippen molar-refractivity contribution in [1.82, 2.24) is 4.90 Å². The average Bonchev–Trinajstić information content (AvgIpc) is 2.64. The number of nitrogens with zero attached hydrogens (tertiary/aromatic N) is 1. The van der Waals surface area contributed by atoms with Crippen molar-refractivity contribution in [3.8, 4) is 0 Å². The van der Waals surface area contributed by atoms with Crippen LogP contribution in [-0.4, -0.2) is 18.0 Å². The quantitative estimate of drug-likeness (QED) is 0.783. The Balaban J connectivity index is 2.50. The minimum absolute atomic E-state index is 0.555. The molecule has 0 aliphatic rings. The first-order valence-corrected chi connectivity index (χ1v) is 5.64. The van der Waals surface area contributed by atoms with Gasteiger partial charge < -0.3 is 10.2 Å². The Bertz CT molecular complexity index is 281. The van der Waals surface area contributed by atoms with Gasteiger partial charge in [0.2, 0.25) is 0 Å². The van der Waals surface area contributed by atoms with E-state index >= 15 is 0 Å². The zero-order valence-corrected chi connectivity index (χ0v) is 9.99. The minimum atomic E-state index is 0.555. The van der Waals surface area contributed by atoms with Gasteiger partial charge in [-0.05, 0) is 18.5 Å². The van der Waals surface area contributed by atoms with E-state index in [1.165, 1.54) is 0 Å². The summed E-state index contributed by atoms with van der Waals surface area (Å²) in [6.45, 7) is 10.2. The largest absolute Gasteiger partial charge is 0.468 e. The molecule has 2 N–H and O–H groups in total. The van der Waals surface area contributed by atoms with Gasteiger partial charge in [0, 0.05) is 18.7 Å². The zero-order valence-electron chi connectivity index (χ0n) is 9.99. The maximum absolute atomic E-state index is 5.53. The summed E-state index contributed by atoms with van der Waals surface area (Å²) in [5, 5.41) is 0. The smallest absolute Gasteiger partial charge is 0.118 e. The van der Waals surface area contributed by atoms with Crippen LogP contribution in [0.2, 0.25) is 0 Å². The van der Waals surface area contributed by atoms with E-state index in [0.717, 1.165) is 31.0 Å². The third kappa shape index (κ3) is 4.06. The number of nitrogens with two attached hydrogens (primary N) is 1. The molecule has 0 saturated heterocycles. The summed E-state index contributed by atoms with van der Waals surface area (Å²) in [5.41, 5.74) is 6.61. The molecule has 1 aromatic heterocycles. The monoisotopic (exact) mass is 210 g/mol. The fraction of sp³-hybridized carbons (Fsp3) is 0.667. The third-order valence-corrected chi connectivity index (χ3v) is 2.39. The van der Waals surface area contributed by atoms with Crippen LogP contribution in [0.5, 0.6) is 0 Å². The lowest BCUT2D eigenvalue weighted by molar-refractivity contribution is 0.229. The first-order valence-electron chi connectivity index (χ1n) is 5.64. The van der Waals surface area contributed by atoms with Gasteiger partial charge in [-0.15, -0.1) is 0 Å². The SMILES string of the molecule is CCN(Cc1cc(CN)co1)CC(C)C. The van der Waals surface area contributed by atoms with E-state index in [0.29, 0.717) is 12.5 Å². The molecule has 1 aromatic rings. The summed E-state index contributed by atoms with van der Waals surface area (Å²) >= 11 is 0. The van der Waals surface area contributed by atoms with Gasteiger partial charge >= 0.3 is 0 Å². The maximum atomic E-state index is 5.53. The Morgan fingerprint density at radius 2 is 2.20 bits per heavy atom. The van der Waals surface area contributed by atoms with Gasteiger partial charge in [-0.1, -0.05) is 20.8 Å². The third-order valence-electron chi connectivity index (χ3n) is 2.39. The molecule has 0 saturated carbocycles. The zero-order chi connectivity index (χ0) is 11.3. The highest BCUT2D eigenvalue weighted by atomic mass is 16.3. The van der Waals surface area contributed by atoms with Crippen molar-refractivity contribution < 1.29 is 4.42 Å². The van der Waals surface area contributed by atoms with Crippen molar-refractivity contribution in [2.45, 2.75) is 33.9 Å². The minimum Gasteiger partial charge on any atom is -0.468 e. The molecule has 0 bridgehead atoms. The molecular formula is C12H22N2O. The van der Waals surface area contributed by atoms with Gasteiger partial charge in [-0.2, -0.15) is 0 Å². The molecule has 0 fully saturated rings. The van der Waals surface area contributed by atoms with E-state index in [1.54, 1.807) is 6.26 Å². The van der Waals surface area contributed by atoms with E-state index in [9.17, 15) is 0 Å². The van der Waals surface area contributed by atoms with Crippen molar-refractivity contribution in [2.75, 3.05) is 13.1 Å². The standard InChI is InChI=1S/C12H22N2O/c1-4-14(7-10(2)3)8-12-5-11(6-13)9-15-12/h5,9-10H,4,6-8,13H2,1-3H3. The number of hydrogen-bond acceptors (Lipinski definition) is 3. The van der Waals surface area contributed by atoms with E-state index in [4.69, 9.17) is 10.2 Å². The summed E-state index contributed by atoms with van der Waals surface area (Å²) in [6.07, 6.45) is 1.75. The first-order chi connectivity index (χ1) is 7.15. The van der Waals surface area contributed by atoms with Gasteiger partial charge in [0.25, 0.3) is 0 Å². The van der Waals surface area contributed by atoms with Crippen LogP contribution in [0.4, 0.5) is 0 Å². The summed E-state index contributed by atoms with van der Waals surface area (Å²) in [5.74, 6) is 1.70. The van der Waals surface area contributed by atoms with E-state index in [-0.39, 0.29) is 0 Å². The molecule has 1 heterocycles. The van der Waals surface area contributed by atoms with Gasteiger partial charge in [0.05, 0.1) is 12.8 Å². The van der Waals surface area contributed by atoms with Crippen molar-refractivity contribution in [1.29, 1.82) is 0 Å². The molecule has 1 rings (SSSR count). The molecule has 0 atom stereocenters. The number of furan rings is 1. The summed E-state index contributed by atoms with van der Waals surface area (Å²) in [7, 11) is 0. The lowest BCUT2D eigenvalue weighted by Crippen LogP contribution is -2.26. The Morgan fingerprint density at radius 3 is 2.67 bits per heavy atom. The molecule has 0 unspecified atom stereocenters. The topological polar surface area (TPSA) is 42.4 Å². The number of hydrogen-bond donors (Lipinski definition) is 1. The van der Waals surface area contributed by atoms with Crippen molar-refractivity contribution in [3.05, 3.63) is 23.7 Å². The predicted molar refractivity (Wildman–Crippen MR) is 62.4 cm³/mol. The molecule has 0 aromatic carbocycles. The summed E-state index contributed by atoms with van der Waals surface area (Å²) < 4.78 is 5.45. The van der Waals surface area contributed by atoms with Crippen molar-refractivity contribution in [3.63, 3.8) is 0 Å². The van der Waals surface area contributed by atoms with Crippen LogP contribution in [0.3, 0.4) is 0 Å². The van der Waals surface area contributed by atoms with Gasteiger partial charge in [-0.25, -0.2) is 0 Å². The van der Waals surface area contributed by atoms with Crippen molar-refractivity contribution >= 4 is 0 Å². The van der Waals surface area contributed by atoms with Crippen molar-refractivity contribution in [2.24, 2.45) is 11.7 Å². The molecule has 0 spiro atoms. The Hall–Kier alpha value is -0.800. The molecule has 86 valence electrons. The van der Waals surface area contributed by atoms with E-state index in [2.05, 4.69) is 25.7 Å². The normalized spacial score (nSPS) is 11.6. The van der Waals surface area contributed by atoms with Gasteiger partial charge in [0.15, 0.2) is 0 Å². The van der Waals surface area contributed by atoms with Crippen LogP contribution in [0.25, 0.3) is 0 Å². The van der Waals surface area contributed by atoms with Crippen LogP contribution in [0.15, 0.2) is 16.7 Å². The second-order valence-electron chi connectivity index (χ2n) is 4.35. The second-order valence-corrected chi connectivity index (χ2v) is 4.35. The van der Waals surface area contributed by atoms with E-state index in [1.807, 2.05) is 6.07 Å². The molecule has 0 aliphatic carbocycles. The molecule has 15 heavy (non-hydrogen) atoms. The molecule has 3 nitrogen and oxygen atoms in total. The highest BCUT2D eigenvalue weighted by molar-refractivity contribution is 5.12. The summed E-state index contributed by atoms with van der Waals surface area (Å²) in [6, 6.07) is 2.04. The van der Waals surface area contributed by atoms with Gasteiger partial charge in [0.1, 0.15) is 5.76 Å². The highest BCUT2D eigenvalue weighted by Crippen LogP contribution is 2.11. The molecule has 0 radical (unpaired) electrons. The Kier molecular flexibility index (Phi) is 4.85. The second kappa shape index (κ2) is 5.93. The fourth-order valence-corrected chi connectivity index (χ4v) is 1.66. The van der Waals surface area contributed by atoms with Crippen LogP contribution in [-0.2, 0) is 13.1 Å². The van der Waals surface area contributed by atoms with Gasteiger partial charge in [-0.3, -0.25) is 4.90 Å². The fourth-order valence-electron chi connectivity index (χ4n) is 1.66. The van der Waals surface area contributed by atoms with Crippen LogP contribution < -0.4 is 5.73 Å². The molecule has 3 heteroatoms. The molecular weight excluding hydrogens is 188 g/mol. The Labute approximate surface area is 92.2 Å². The lowest BCUT2D eigenvalue weighted by atomic mass is 10.2. The average molecular weight is 210 g/mol. The van der Waals surface area contributed by atoms with Crippen LogP contribution in [0.1, 0.15) is 32.1 Å².